The summed E-state index contributed by atoms with van der Waals surface area (Å²) >= 11 is 0. The van der Waals surface area contributed by atoms with Crippen molar-refractivity contribution in [2.24, 2.45) is 10.8 Å². The molecule has 6 nitrogen and oxygen atoms in total. The lowest BCUT2D eigenvalue weighted by molar-refractivity contribution is -0.154. The fraction of sp³-hybridized carbons (Fsp3) is 0.968. The fourth-order valence-corrected chi connectivity index (χ4v) is 8.22. The molecule has 1 N–H and O–H groups in total. The zero-order valence-corrected chi connectivity index (χ0v) is 27.9. The van der Waals surface area contributed by atoms with E-state index in [1.807, 2.05) is 35.5 Å². The summed E-state index contributed by atoms with van der Waals surface area (Å²) in [6, 6.07) is 0.772. The van der Waals surface area contributed by atoms with Gasteiger partial charge in [0, 0.05) is 25.2 Å². The second-order valence-corrected chi connectivity index (χ2v) is 15.2. The Bertz CT molecular complexity index is 888. The van der Waals surface area contributed by atoms with E-state index in [1.54, 1.807) is 0 Å². The maximum Gasteiger partial charge on any atom is 0.410 e. The quantitative estimate of drug-likeness (QED) is 0.324. The molecule has 12 heteroatoms. The van der Waals surface area contributed by atoms with E-state index < -0.39 is 17.4 Å². The number of carbonyl (C=O) groups is 1. The first-order chi connectivity index (χ1) is 19.2. The van der Waals surface area contributed by atoms with E-state index in [0.29, 0.717) is 22.9 Å². The Morgan fingerprint density at radius 1 is 0.674 bits per heavy atom. The van der Waals surface area contributed by atoms with E-state index >= 15 is 0 Å². The van der Waals surface area contributed by atoms with Crippen molar-refractivity contribution in [1.29, 1.82) is 0 Å². The van der Waals surface area contributed by atoms with Crippen LogP contribution >= 0.6 is 24.8 Å². The van der Waals surface area contributed by atoms with Gasteiger partial charge in [0.25, 0.3) is 11.8 Å². The van der Waals surface area contributed by atoms with Gasteiger partial charge in [-0.2, -0.15) is 0 Å². The van der Waals surface area contributed by atoms with Gasteiger partial charge in [0.1, 0.15) is 5.60 Å². The maximum absolute atomic E-state index is 13.0. The van der Waals surface area contributed by atoms with Crippen LogP contribution in [-0.2, 0) is 4.74 Å². The van der Waals surface area contributed by atoms with Crippen LogP contribution < -0.4 is 5.32 Å². The summed E-state index contributed by atoms with van der Waals surface area (Å²) in [5.41, 5.74) is 0.404. The third-order valence-corrected chi connectivity index (χ3v) is 10.9. The molecule has 4 heterocycles. The molecular formula is C31H54Cl2F4N4O2. The molecule has 0 aromatic rings. The van der Waals surface area contributed by atoms with Crippen molar-refractivity contribution in [2.75, 3.05) is 52.4 Å². The van der Waals surface area contributed by atoms with Crippen LogP contribution in [0, 0.1) is 10.8 Å². The molecule has 1 amide bonds. The third kappa shape index (κ3) is 9.49. The number of nitrogens with one attached hydrogen (secondary N) is 1. The Morgan fingerprint density at radius 3 is 1.40 bits per heavy atom. The summed E-state index contributed by atoms with van der Waals surface area (Å²) in [7, 11) is 0. The van der Waals surface area contributed by atoms with E-state index in [-0.39, 0.29) is 57.1 Å². The van der Waals surface area contributed by atoms with Gasteiger partial charge in [0.05, 0.1) is 26.2 Å². The summed E-state index contributed by atoms with van der Waals surface area (Å²) in [6.07, 6.45) is 13.4. The largest absolute Gasteiger partial charge is 0.444 e. The molecule has 4 saturated heterocycles. The number of alkyl halides is 4. The van der Waals surface area contributed by atoms with E-state index in [2.05, 4.69) is 5.32 Å². The number of amides is 1. The summed E-state index contributed by atoms with van der Waals surface area (Å²) < 4.78 is 57.2. The van der Waals surface area contributed by atoms with Crippen molar-refractivity contribution >= 4 is 30.9 Å². The number of halogens is 6. The molecule has 6 fully saturated rings. The number of hydrogen-bond donors (Lipinski definition) is 1. The molecule has 0 bridgehead atoms. The van der Waals surface area contributed by atoms with Crippen molar-refractivity contribution < 1.29 is 27.1 Å². The fourth-order valence-electron chi connectivity index (χ4n) is 8.22. The maximum atomic E-state index is 13.0. The molecule has 2 saturated carbocycles. The molecule has 4 aliphatic heterocycles. The summed E-state index contributed by atoms with van der Waals surface area (Å²) in [5, 5.41) is 3.41. The number of ether oxygens (including phenoxy) is 1. The first-order valence-electron chi connectivity index (χ1n) is 16.1. The molecule has 6 rings (SSSR count). The monoisotopic (exact) mass is 660 g/mol. The van der Waals surface area contributed by atoms with Gasteiger partial charge in [0.15, 0.2) is 0 Å². The Kier molecular flexibility index (Phi) is 12.1. The van der Waals surface area contributed by atoms with E-state index in [4.69, 9.17) is 4.74 Å². The summed E-state index contributed by atoms with van der Waals surface area (Å²) in [4.78, 5) is 17.9. The Hall–Kier alpha value is -0.550. The number of piperidine rings is 2. The van der Waals surface area contributed by atoms with Crippen molar-refractivity contribution in [3.63, 3.8) is 0 Å². The highest BCUT2D eigenvalue weighted by Gasteiger charge is 2.50. The average molecular weight is 662 g/mol. The molecule has 2 spiro atoms. The van der Waals surface area contributed by atoms with Crippen molar-refractivity contribution in [3.05, 3.63) is 0 Å². The molecular weight excluding hydrogens is 607 g/mol. The average Bonchev–Trinajstić information content (AvgIpc) is 2.87. The van der Waals surface area contributed by atoms with Crippen molar-refractivity contribution in [3.8, 4) is 0 Å². The number of rotatable bonds is 2. The number of nitrogens with zero attached hydrogens (tertiary/aromatic N) is 3. The van der Waals surface area contributed by atoms with Crippen LogP contribution in [0.25, 0.3) is 0 Å². The summed E-state index contributed by atoms with van der Waals surface area (Å²) in [5.74, 6) is -4.86. The normalized spacial score (nSPS) is 30.0. The van der Waals surface area contributed by atoms with E-state index in [0.717, 1.165) is 77.5 Å². The number of likely N-dealkylation sites (tertiary alicyclic amines) is 3. The van der Waals surface area contributed by atoms with Gasteiger partial charge >= 0.3 is 6.09 Å². The standard InChI is InChI=1S/C18H30F2N2O2.C13H22F2N2.2ClH/c1-16(2,3)24-15(23)21-10-8-17(9-11-21)6-4-14(5-7-17)22-12-18(19,20)13-22;14-13(15)9-17(10-13)11-1-3-12(4-2-11)5-7-16-8-6-12;;/h14H,4-13H2,1-3H3;11,16H,1-10H2;2*1H. The number of carbonyl (C=O) groups excluding carboxylic acids is 1. The highest BCUT2D eigenvalue weighted by atomic mass is 35.5. The predicted octanol–water partition coefficient (Wildman–Crippen LogP) is 6.99. The zero-order chi connectivity index (χ0) is 29.5. The minimum atomic E-state index is -2.46. The van der Waals surface area contributed by atoms with Gasteiger partial charge in [-0.15, -0.1) is 24.8 Å². The molecule has 0 aromatic carbocycles. The minimum Gasteiger partial charge on any atom is -0.444 e. The Labute approximate surface area is 268 Å². The van der Waals surface area contributed by atoms with E-state index in [1.165, 1.54) is 25.7 Å². The van der Waals surface area contributed by atoms with Gasteiger partial charge in [-0.25, -0.2) is 22.4 Å². The molecule has 252 valence electrons. The SMILES string of the molecule is CC(C)(C)OC(=O)N1CCC2(CCC(N3CC(F)(F)C3)CC2)CC1.Cl.Cl.FC1(F)CN(C2CCC3(CCNCC3)CC2)C1. The topological polar surface area (TPSA) is 48.1 Å². The first kappa shape index (κ1) is 36.9. The highest BCUT2D eigenvalue weighted by Crippen LogP contribution is 2.48. The lowest BCUT2D eigenvalue weighted by Gasteiger charge is -2.50. The number of hydrogen-bond acceptors (Lipinski definition) is 5. The van der Waals surface area contributed by atoms with Crippen LogP contribution in [0.5, 0.6) is 0 Å². The van der Waals surface area contributed by atoms with Gasteiger partial charge in [-0.3, -0.25) is 9.80 Å². The smallest absolute Gasteiger partial charge is 0.410 e. The van der Waals surface area contributed by atoms with Crippen LogP contribution in [-0.4, -0.2) is 103 Å². The molecule has 0 atom stereocenters. The van der Waals surface area contributed by atoms with E-state index in [9.17, 15) is 22.4 Å². The predicted molar refractivity (Wildman–Crippen MR) is 166 cm³/mol. The molecule has 0 radical (unpaired) electrons. The first-order valence-corrected chi connectivity index (χ1v) is 16.1. The molecule has 43 heavy (non-hydrogen) atoms. The summed E-state index contributed by atoms with van der Waals surface area (Å²) in [6.45, 7) is 9.35. The Balaban J connectivity index is 0.000000236. The van der Waals surface area contributed by atoms with Crippen molar-refractivity contribution in [2.45, 2.75) is 127 Å². The second kappa shape index (κ2) is 14.1. The lowest BCUT2D eigenvalue weighted by atomic mass is 9.66. The molecule has 0 unspecified atom stereocenters. The van der Waals surface area contributed by atoms with Gasteiger partial charge in [-0.1, -0.05) is 0 Å². The lowest BCUT2D eigenvalue weighted by Crippen LogP contribution is -2.61. The highest BCUT2D eigenvalue weighted by molar-refractivity contribution is 5.85. The van der Waals surface area contributed by atoms with Gasteiger partial charge in [0.2, 0.25) is 0 Å². The molecule has 2 aliphatic carbocycles. The van der Waals surface area contributed by atoms with Gasteiger partial charge < -0.3 is 15.0 Å². The molecule has 0 aromatic heterocycles. The second-order valence-electron chi connectivity index (χ2n) is 15.2. The van der Waals surface area contributed by atoms with Crippen LogP contribution in [0.4, 0.5) is 22.4 Å². The Morgan fingerprint density at radius 2 is 1.05 bits per heavy atom. The van der Waals surface area contributed by atoms with Crippen LogP contribution in [0.2, 0.25) is 0 Å². The van der Waals surface area contributed by atoms with Gasteiger partial charge in [-0.05, 0) is 122 Å². The third-order valence-electron chi connectivity index (χ3n) is 10.9. The molecule has 6 aliphatic rings. The van der Waals surface area contributed by atoms with Crippen LogP contribution in [0.1, 0.15) is 97.8 Å². The van der Waals surface area contributed by atoms with Crippen LogP contribution in [0.3, 0.4) is 0 Å². The van der Waals surface area contributed by atoms with Crippen LogP contribution in [0.15, 0.2) is 0 Å². The zero-order valence-electron chi connectivity index (χ0n) is 26.3. The minimum absolute atomic E-state index is 0. The van der Waals surface area contributed by atoms with Crippen molar-refractivity contribution in [1.82, 2.24) is 20.0 Å².